The number of hydroxylamine groups is 1. The maximum absolute atomic E-state index is 12.2. The smallest absolute Gasteiger partial charge is 0.306 e. The van der Waals surface area contributed by atoms with Crippen molar-refractivity contribution in [3.05, 3.63) is 0 Å². The lowest BCUT2D eigenvalue weighted by Crippen LogP contribution is -2.54. The van der Waals surface area contributed by atoms with Crippen LogP contribution in [0, 0.1) is 5.92 Å². The third-order valence-electron chi connectivity index (χ3n) is 5.71. The van der Waals surface area contributed by atoms with E-state index in [1.807, 2.05) is 0 Å². The molecule has 0 bridgehead atoms. The molecule has 4 N–H and O–H groups in total. The molecule has 0 saturated carbocycles. The van der Waals surface area contributed by atoms with Crippen molar-refractivity contribution in [3.8, 4) is 0 Å². The van der Waals surface area contributed by atoms with E-state index in [1.54, 1.807) is 0 Å². The molecule has 0 radical (unpaired) electrons. The molecule has 176 valence electrons. The van der Waals surface area contributed by atoms with Gasteiger partial charge in [0.15, 0.2) is 0 Å². The van der Waals surface area contributed by atoms with Gasteiger partial charge in [-0.1, -0.05) is 71.1 Å². The van der Waals surface area contributed by atoms with Gasteiger partial charge in [0.2, 0.25) is 5.91 Å². The summed E-state index contributed by atoms with van der Waals surface area (Å²) < 4.78 is 10.8. The van der Waals surface area contributed by atoms with Gasteiger partial charge in [-0.2, -0.15) is 0 Å². The van der Waals surface area contributed by atoms with E-state index in [9.17, 15) is 19.8 Å². The number of amides is 1. The highest BCUT2D eigenvalue weighted by molar-refractivity contribution is 5.75. The molecule has 0 spiro atoms. The van der Waals surface area contributed by atoms with Crippen LogP contribution < -0.4 is 5.48 Å². The maximum atomic E-state index is 12.2. The predicted molar refractivity (Wildman–Crippen MR) is 112 cm³/mol. The van der Waals surface area contributed by atoms with Gasteiger partial charge in [0.25, 0.3) is 0 Å². The molecule has 0 aromatic rings. The van der Waals surface area contributed by atoms with Gasteiger partial charge in [0, 0.05) is 18.8 Å². The van der Waals surface area contributed by atoms with E-state index in [4.69, 9.17) is 14.7 Å². The van der Waals surface area contributed by atoms with Crippen LogP contribution in [-0.4, -0.2) is 58.8 Å². The third kappa shape index (κ3) is 10.7. The highest BCUT2D eigenvalue weighted by atomic mass is 16.6. The molecule has 1 fully saturated rings. The zero-order valence-electron chi connectivity index (χ0n) is 18.4. The van der Waals surface area contributed by atoms with E-state index in [0.717, 1.165) is 19.3 Å². The molecule has 1 aliphatic rings. The maximum Gasteiger partial charge on any atom is 0.306 e. The first-order valence-corrected chi connectivity index (χ1v) is 11.6. The summed E-state index contributed by atoms with van der Waals surface area (Å²) in [6.45, 7) is 1.86. The number of unbranched alkanes of at least 4 members (excludes halogenated alkanes) is 10. The molecule has 4 unspecified atom stereocenters. The highest BCUT2D eigenvalue weighted by Gasteiger charge is 2.42. The molecule has 1 aliphatic heterocycles. The van der Waals surface area contributed by atoms with Crippen molar-refractivity contribution < 1.29 is 34.5 Å². The SMILES string of the molecule is CCCCCCCCCCCCCC(=O)OC1C(CC(=O)NO)COC(CO)C1O. The largest absolute Gasteiger partial charge is 0.459 e. The Balaban J connectivity index is 2.24. The fraction of sp³-hybridized carbons (Fsp3) is 0.909. The van der Waals surface area contributed by atoms with Gasteiger partial charge in [-0.25, -0.2) is 5.48 Å². The lowest BCUT2D eigenvalue weighted by Gasteiger charge is -2.38. The van der Waals surface area contributed by atoms with Crippen molar-refractivity contribution in [2.45, 2.75) is 109 Å². The van der Waals surface area contributed by atoms with E-state index < -0.39 is 42.7 Å². The fourth-order valence-electron chi connectivity index (χ4n) is 3.86. The Bertz CT molecular complexity index is 474. The lowest BCUT2D eigenvalue weighted by molar-refractivity contribution is -0.200. The molecular formula is C22H41NO7. The first-order valence-electron chi connectivity index (χ1n) is 11.6. The number of carbonyl (C=O) groups excluding carboxylic acids is 2. The van der Waals surface area contributed by atoms with Crippen LogP contribution in [0.3, 0.4) is 0 Å². The summed E-state index contributed by atoms with van der Waals surface area (Å²) in [6, 6.07) is 0. The average Bonchev–Trinajstić information content (AvgIpc) is 2.74. The van der Waals surface area contributed by atoms with Crippen LogP contribution in [0.5, 0.6) is 0 Å². The van der Waals surface area contributed by atoms with Gasteiger partial charge in [0.1, 0.15) is 18.3 Å². The Morgan fingerprint density at radius 3 is 2.10 bits per heavy atom. The molecule has 4 atom stereocenters. The van der Waals surface area contributed by atoms with Gasteiger partial charge in [-0.05, 0) is 6.42 Å². The number of aliphatic hydroxyl groups excluding tert-OH is 2. The van der Waals surface area contributed by atoms with Gasteiger partial charge >= 0.3 is 5.97 Å². The Morgan fingerprint density at radius 2 is 1.57 bits per heavy atom. The summed E-state index contributed by atoms with van der Waals surface area (Å²) in [4.78, 5) is 23.7. The van der Waals surface area contributed by atoms with E-state index in [2.05, 4.69) is 6.92 Å². The number of ether oxygens (including phenoxy) is 2. The van der Waals surface area contributed by atoms with Gasteiger partial charge in [-0.3, -0.25) is 14.8 Å². The monoisotopic (exact) mass is 431 g/mol. The van der Waals surface area contributed by atoms with Crippen molar-refractivity contribution in [2.75, 3.05) is 13.2 Å². The number of esters is 1. The van der Waals surface area contributed by atoms with E-state index in [1.165, 1.54) is 56.8 Å². The predicted octanol–water partition coefficient (Wildman–Crippen LogP) is 2.86. The Morgan fingerprint density at radius 1 is 1.00 bits per heavy atom. The van der Waals surface area contributed by atoms with Crippen molar-refractivity contribution >= 4 is 11.9 Å². The van der Waals surface area contributed by atoms with Crippen LogP contribution in [0.1, 0.15) is 90.4 Å². The second kappa shape index (κ2) is 16.5. The molecule has 1 rings (SSSR count). The Labute approximate surface area is 180 Å². The van der Waals surface area contributed by atoms with Crippen molar-refractivity contribution in [2.24, 2.45) is 5.92 Å². The number of rotatable bonds is 16. The van der Waals surface area contributed by atoms with Gasteiger partial charge in [-0.15, -0.1) is 0 Å². The average molecular weight is 432 g/mol. The summed E-state index contributed by atoms with van der Waals surface area (Å²) in [6.07, 6.45) is 10.1. The number of hydrogen-bond donors (Lipinski definition) is 4. The molecule has 8 heteroatoms. The molecule has 0 aliphatic carbocycles. The minimum atomic E-state index is -1.22. The summed E-state index contributed by atoms with van der Waals surface area (Å²) in [7, 11) is 0. The first kappa shape index (κ1) is 26.8. The summed E-state index contributed by atoms with van der Waals surface area (Å²) in [5.41, 5.74) is 1.54. The number of aliphatic hydroxyl groups is 2. The summed E-state index contributed by atoms with van der Waals surface area (Å²) >= 11 is 0. The second-order valence-corrected chi connectivity index (χ2v) is 8.28. The van der Waals surface area contributed by atoms with Crippen molar-refractivity contribution in [3.63, 3.8) is 0 Å². The summed E-state index contributed by atoms with van der Waals surface area (Å²) in [5.74, 6) is -1.66. The van der Waals surface area contributed by atoms with Crippen molar-refractivity contribution in [1.82, 2.24) is 5.48 Å². The minimum absolute atomic E-state index is 0.0477. The van der Waals surface area contributed by atoms with Crippen LogP contribution in [0.4, 0.5) is 0 Å². The van der Waals surface area contributed by atoms with Crippen LogP contribution >= 0.6 is 0 Å². The third-order valence-corrected chi connectivity index (χ3v) is 5.71. The Kier molecular flexibility index (Phi) is 14.7. The molecule has 1 heterocycles. The van der Waals surface area contributed by atoms with Crippen molar-refractivity contribution in [1.29, 1.82) is 0 Å². The second-order valence-electron chi connectivity index (χ2n) is 8.28. The zero-order valence-corrected chi connectivity index (χ0v) is 18.4. The van der Waals surface area contributed by atoms with Gasteiger partial charge < -0.3 is 19.7 Å². The van der Waals surface area contributed by atoms with Gasteiger partial charge in [0.05, 0.1) is 13.2 Å². The fourth-order valence-corrected chi connectivity index (χ4v) is 3.86. The number of hydrogen-bond acceptors (Lipinski definition) is 7. The van der Waals surface area contributed by atoms with Crippen LogP contribution in [0.2, 0.25) is 0 Å². The number of nitrogens with one attached hydrogen (secondary N) is 1. The minimum Gasteiger partial charge on any atom is -0.459 e. The molecule has 1 amide bonds. The standard InChI is InChI=1S/C22H41NO7/c1-2-3-4-5-6-7-8-9-10-11-12-13-20(26)30-22-17(14-19(25)23-28)16-29-18(15-24)21(22)27/h17-18,21-22,24,27-28H,2-16H2,1H3,(H,23,25). The molecular weight excluding hydrogens is 390 g/mol. The van der Waals surface area contributed by atoms with E-state index >= 15 is 0 Å². The van der Waals surface area contributed by atoms with Crippen LogP contribution in [-0.2, 0) is 19.1 Å². The lowest BCUT2D eigenvalue weighted by atomic mass is 9.89. The molecule has 30 heavy (non-hydrogen) atoms. The molecule has 0 aromatic carbocycles. The highest BCUT2D eigenvalue weighted by Crippen LogP contribution is 2.26. The quantitative estimate of drug-likeness (QED) is 0.128. The van der Waals surface area contributed by atoms with Crippen LogP contribution in [0.25, 0.3) is 0 Å². The van der Waals surface area contributed by atoms with E-state index in [0.29, 0.717) is 0 Å². The topological polar surface area (TPSA) is 125 Å². The molecule has 8 nitrogen and oxygen atoms in total. The molecule has 1 saturated heterocycles. The zero-order chi connectivity index (χ0) is 22.2. The van der Waals surface area contributed by atoms with Crippen LogP contribution in [0.15, 0.2) is 0 Å². The van der Waals surface area contributed by atoms with E-state index in [-0.39, 0.29) is 19.4 Å². The normalized spacial score (nSPS) is 23.9. The Hall–Kier alpha value is -1.22. The first-order chi connectivity index (χ1) is 14.5. The molecule has 0 aromatic heterocycles. The number of carbonyl (C=O) groups is 2. The summed E-state index contributed by atoms with van der Waals surface area (Å²) in [5, 5.41) is 28.4.